The third kappa shape index (κ3) is 3.27. The van der Waals surface area contributed by atoms with Gasteiger partial charge < -0.3 is 10.3 Å². The van der Waals surface area contributed by atoms with Gasteiger partial charge in [-0.2, -0.15) is 0 Å². The summed E-state index contributed by atoms with van der Waals surface area (Å²) in [4.78, 5) is 33.4. The Morgan fingerprint density at radius 1 is 1.39 bits per heavy atom. The maximum absolute atomic E-state index is 11.6. The van der Waals surface area contributed by atoms with Crippen molar-refractivity contribution in [1.82, 2.24) is 24.8 Å². The van der Waals surface area contributed by atoms with Crippen molar-refractivity contribution in [3.05, 3.63) is 47.2 Å². The van der Waals surface area contributed by atoms with Crippen LogP contribution in [0.25, 0.3) is 0 Å². The monoisotopic (exact) mass is 247 g/mol. The zero-order valence-corrected chi connectivity index (χ0v) is 9.67. The predicted octanol–water partition coefficient (Wildman–Crippen LogP) is -0.675. The molecule has 0 saturated heterocycles. The number of aromatic nitrogens is 4. The van der Waals surface area contributed by atoms with Crippen LogP contribution in [-0.2, 0) is 17.8 Å². The second-order valence-corrected chi connectivity index (χ2v) is 3.67. The van der Waals surface area contributed by atoms with Gasteiger partial charge in [0.25, 0.3) is 0 Å². The fourth-order valence-corrected chi connectivity index (χ4v) is 1.47. The summed E-state index contributed by atoms with van der Waals surface area (Å²) in [7, 11) is 0. The van der Waals surface area contributed by atoms with Gasteiger partial charge in [-0.25, -0.2) is 14.8 Å². The topological polar surface area (TPSA) is 92.7 Å². The number of carbonyl (C=O) groups excluding carboxylic acids is 1. The van der Waals surface area contributed by atoms with Crippen molar-refractivity contribution in [2.24, 2.45) is 0 Å². The van der Waals surface area contributed by atoms with Crippen LogP contribution < -0.4 is 11.0 Å². The third-order valence-electron chi connectivity index (χ3n) is 2.34. The van der Waals surface area contributed by atoms with Crippen LogP contribution in [0.1, 0.15) is 5.82 Å². The number of amides is 1. The van der Waals surface area contributed by atoms with E-state index in [9.17, 15) is 9.59 Å². The number of H-pyrrole nitrogens is 1. The van der Waals surface area contributed by atoms with E-state index in [1.807, 2.05) is 0 Å². The minimum atomic E-state index is -0.432. The van der Waals surface area contributed by atoms with Crippen molar-refractivity contribution in [2.75, 3.05) is 6.54 Å². The molecule has 2 rings (SSSR count). The first-order valence-corrected chi connectivity index (χ1v) is 5.52. The Kier molecular flexibility index (Phi) is 3.85. The lowest BCUT2D eigenvalue weighted by Gasteiger charge is -2.05. The second kappa shape index (κ2) is 5.76. The highest BCUT2D eigenvalue weighted by Crippen LogP contribution is 1.88. The van der Waals surface area contributed by atoms with Crippen LogP contribution in [0, 0.1) is 0 Å². The van der Waals surface area contributed by atoms with Crippen LogP contribution in [0.5, 0.6) is 0 Å². The van der Waals surface area contributed by atoms with Crippen molar-refractivity contribution in [1.29, 1.82) is 0 Å². The molecule has 2 aromatic rings. The summed E-state index contributed by atoms with van der Waals surface area (Å²) >= 11 is 0. The Bertz CT molecular complexity index is 561. The normalized spacial score (nSPS) is 10.2. The SMILES string of the molecule is O=C(Cn1cccnc1=O)NCCc1ncc[nH]1. The summed E-state index contributed by atoms with van der Waals surface area (Å²) in [6.07, 6.45) is 6.94. The lowest BCUT2D eigenvalue weighted by Crippen LogP contribution is -2.33. The van der Waals surface area contributed by atoms with E-state index in [0.29, 0.717) is 13.0 Å². The van der Waals surface area contributed by atoms with Gasteiger partial charge in [0.05, 0.1) is 0 Å². The van der Waals surface area contributed by atoms with Gasteiger partial charge in [0.15, 0.2) is 0 Å². The molecule has 2 heterocycles. The highest BCUT2D eigenvalue weighted by atomic mass is 16.2. The van der Waals surface area contributed by atoms with Crippen molar-refractivity contribution >= 4 is 5.91 Å². The van der Waals surface area contributed by atoms with Crippen LogP contribution in [-0.4, -0.2) is 32.0 Å². The number of hydrogen-bond donors (Lipinski definition) is 2. The molecule has 18 heavy (non-hydrogen) atoms. The molecule has 0 aliphatic heterocycles. The number of carbonyl (C=O) groups is 1. The smallest absolute Gasteiger partial charge is 0.347 e. The molecule has 0 aliphatic rings. The van der Waals surface area contributed by atoms with Gasteiger partial charge >= 0.3 is 5.69 Å². The van der Waals surface area contributed by atoms with Gasteiger partial charge in [-0.3, -0.25) is 9.36 Å². The first-order valence-electron chi connectivity index (χ1n) is 5.52. The Morgan fingerprint density at radius 3 is 3.00 bits per heavy atom. The van der Waals surface area contributed by atoms with E-state index >= 15 is 0 Å². The molecule has 0 fully saturated rings. The number of nitrogens with one attached hydrogen (secondary N) is 2. The van der Waals surface area contributed by atoms with Crippen molar-refractivity contribution in [2.45, 2.75) is 13.0 Å². The highest BCUT2D eigenvalue weighted by molar-refractivity contribution is 5.75. The number of aromatic amines is 1. The minimum Gasteiger partial charge on any atom is -0.354 e. The molecule has 7 nitrogen and oxygen atoms in total. The van der Waals surface area contributed by atoms with E-state index < -0.39 is 5.69 Å². The molecule has 1 amide bonds. The van der Waals surface area contributed by atoms with Crippen LogP contribution in [0.15, 0.2) is 35.6 Å². The molecule has 7 heteroatoms. The van der Waals surface area contributed by atoms with Gasteiger partial charge in [-0.1, -0.05) is 0 Å². The second-order valence-electron chi connectivity index (χ2n) is 3.67. The lowest BCUT2D eigenvalue weighted by atomic mass is 10.4. The standard InChI is InChI=1S/C11H13N5O2/c17-10(8-16-7-1-3-15-11(16)18)14-4-2-9-12-5-6-13-9/h1,3,5-7H,2,4,8H2,(H,12,13)(H,14,17). The summed E-state index contributed by atoms with van der Waals surface area (Å²) in [5.74, 6) is 0.588. The van der Waals surface area contributed by atoms with Crippen LogP contribution >= 0.6 is 0 Å². The first kappa shape index (κ1) is 12.0. The molecule has 94 valence electrons. The number of imidazole rings is 1. The fourth-order valence-electron chi connectivity index (χ4n) is 1.47. The molecule has 0 radical (unpaired) electrons. The number of hydrogen-bond acceptors (Lipinski definition) is 4. The molecular weight excluding hydrogens is 234 g/mol. The summed E-state index contributed by atoms with van der Waals surface area (Å²) < 4.78 is 1.25. The van der Waals surface area contributed by atoms with Crippen LogP contribution in [0.4, 0.5) is 0 Å². The minimum absolute atomic E-state index is 0.0230. The van der Waals surface area contributed by atoms with Gasteiger partial charge in [0.1, 0.15) is 12.4 Å². The zero-order valence-electron chi connectivity index (χ0n) is 9.67. The molecule has 0 spiro atoms. The predicted molar refractivity (Wildman–Crippen MR) is 63.8 cm³/mol. The Balaban J connectivity index is 1.79. The van der Waals surface area contributed by atoms with E-state index in [-0.39, 0.29) is 12.5 Å². The summed E-state index contributed by atoms with van der Waals surface area (Å²) in [5, 5.41) is 2.71. The lowest BCUT2D eigenvalue weighted by molar-refractivity contribution is -0.121. The Labute approximate surface area is 103 Å². The number of rotatable bonds is 5. The largest absolute Gasteiger partial charge is 0.354 e. The average molecular weight is 247 g/mol. The molecule has 0 aliphatic carbocycles. The zero-order chi connectivity index (χ0) is 12.8. The molecule has 0 bridgehead atoms. The third-order valence-corrected chi connectivity index (χ3v) is 2.34. The Morgan fingerprint density at radius 2 is 2.28 bits per heavy atom. The van der Waals surface area contributed by atoms with Gasteiger partial charge in [0.2, 0.25) is 5.91 Å². The van der Waals surface area contributed by atoms with Gasteiger partial charge in [-0.05, 0) is 6.07 Å². The summed E-state index contributed by atoms with van der Waals surface area (Å²) in [6, 6.07) is 1.61. The van der Waals surface area contributed by atoms with E-state index in [1.165, 1.54) is 17.0 Å². The van der Waals surface area contributed by atoms with Crippen molar-refractivity contribution in [3.8, 4) is 0 Å². The van der Waals surface area contributed by atoms with Crippen molar-refractivity contribution in [3.63, 3.8) is 0 Å². The van der Waals surface area contributed by atoms with E-state index in [2.05, 4.69) is 20.3 Å². The van der Waals surface area contributed by atoms with Crippen molar-refractivity contribution < 1.29 is 4.79 Å². The van der Waals surface area contributed by atoms with Crippen LogP contribution in [0.2, 0.25) is 0 Å². The maximum atomic E-state index is 11.6. The number of nitrogens with zero attached hydrogens (tertiary/aromatic N) is 3. The van der Waals surface area contributed by atoms with E-state index in [1.54, 1.807) is 18.5 Å². The molecule has 2 aromatic heterocycles. The van der Waals surface area contributed by atoms with E-state index in [4.69, 9.17) is 0 Å². The van der Waals surface area contributed by atoms with Gasteiger partial charge in [-0.15, -0.1) is 0 Å². The maximum Gasteiger partial charge on any atom is 0.347 e. The molecule has 0 saturated carbocycles. The molecular formula is C11H13N5O2. The van der Waals surface area contributed by atoms with Gasteiger partial charge in [0, 0.05) is 37.8 Å². The Hall–Kier alpha value is -2.44. The average Bonchev–Trinajstić information content (AvgIpc) is 2.85. The molecule has 0 aromatic carbocycles. The summed E-state index contributed by atoms with van der Waals surface area (Å²) in [5.41, 5.74) is -0.432. The molecule has 0 unspecified atom stereocenters. The van der Waals surface area contributed by atoms with Crippen LogP contribution in [0.3, 0.4) is 0 Å². The fraction of sp³-hybridized carbons (Fsp3) is 0.273. The molecule has 2 N–H and O–H groups in total. The van der Waals surface area contributed by atoms with E-state index in [0.717, 1.165) is 5.82 Å². The quantitative estimate of drug-likeness (QED) is 0.732. The molecule has 0 atom stereocenters. The summed E-state index contributed by atoms with van der Waals surface area (Å²) in [6.45, 7) is 0.451. The first-order chi connectivity index (χ1) is 8.75. The highest BCUT2D eigenvalue weighted by Gasteiger charge is 2.04.